The molecule has 47 heavy (non-hydrogen) atoms. The quantitative estimate of drug-likeness (QED) is 0.117. The molecular formula is C41H58CuNOP3+3. The number of aromatic nitrogens is 1. The molecule has 1 aromatic heterocycles. The van der Waals surface area contributed by atoms with Crippen molar-refractivity contribution in [2.24, 2.45) is 0 Å². The Bertz CT molecular complexity index is 1510. The van der Waals surface area contributed by atoms with Crippen molar-refractivity contribution in [2.75, 3.05) is 19.9 Å². The van der Waals surface area contributed by atoms with Gasteiger partial charge in [0.1, 0.15) is 21.2 Å². The zero-order chi connectivity index (χ0) is 33.2. The molecule has 6 rings (SSSR count). The Morgan fingerprint density at radius 2 is 0.809 bits per heavy atom. The van der Waals surface area contributed by atoms with Crippen molar-refractivity contribution in [3.05, 3.63) is 97.1 Å². The molecule has 0 spiro atoms. The number of para-hydroxylation sites is 2. The van der Waals surface area contributed by atoms with Gasteiger partial charge in [-0.15, -0.1) is 11.0 Å². The van der Waals surface area contributed by atoms with E-state index >= 15 is 0 Å². The summed E-state index contributed by atoms with van der Waals surface area (Å²) in [6, 6.07) is 35.4. The maximum absolute atomic E-state index is 4.94. The maximum Gasteiger partial charge on any atom is 1.00 e. The van der Waals surface area contributed by atoms with Gasteiger partial charge in [0.05, 0.1) is 37.2 Å². The topological polar surface area (TPSA) is 23.3 Å². The van der Waals surface area contributed by atoms with Gasteiger partial charge in [0, 0.05) is 29.1 Å². The average Bonchev–Trinajstić information content (AvgIpc) is 3.73. The van der Waals surface area contributed by atoms with Gasteiger partial charge in [-0.25, -0.2) is 0 Å². The second kappa shape index (κ2) is 19.6. The summed E-state index contributed by atoms with van der Waals surface area (Å²) in [6.07, 6.45) is 2.56. The molecule has 0 atom stereocenters. The molecule has 1 fully saturated rings. The Kier molecular flexibility index (Phi) is 16.6. The predicted octanol–water partition coefficient (Wildman–Crippen LogP) is 9.54. The van der Waals surface area contributed by atoms with Crippen LogP contribution in [0.5, 0.6) is 0 Å². The van der Waals surface area contributed by atoms with Crippen LogP contribution >= 0.6 is 23.8 Å². The number of hydrogen-bond donors (Lipinski definition) is 0. The summed E-state index contributed by atoms with van der Waals surface area (Å²) >= 11 is 0. The normalized spacial score (nSPS) is 13.1. The fraction of sp³-hybridized carbons (Fsp3) is 0.415. The zero-order valence-electron chi connectivity index (χ0n) is 30.0. The van der Waals surface area contributed by atoms with E-state index < -0.39 is 23.8 Å². The second-order valence-electron chi connectivity index (χ2n) is 13.7. The Morgan fingerprint density at radius 3 is 1.13 bits per heavy atom. The minimum atomic E-state index is -0.775. The number of rotatable bonds is 8. The number of fused-ring (bicyclic) bond motifs is 3. The van der Waals surface area contributed by atoms with E-state index in [9.17, 15) is 0 Å². The average molecular weight is 737 g/mol. The summed E-state index contributed by atoms with van der Waals surface area (Å²) in [7, 11) is -1.91. The van der Waals surface area contributed by atoms with E-state index in [-0.39, 0.29) is 17.1 Å². The van der Waals surface area contributed by atoms with Crippen molar-refractivity contribution in [3.63, 3.8) is 0 Å². The van der Waals surface area contributed by atoms with Crippen LogP contribution < -0.4 is 26.2 Å². The van der Waals surface area contributed by atoms with Crippen LogP contribution in [0, 0.1) is 0 Å². The van der Waals surface area contributed by atoms with Gasteiger partial charge in [-0.2, -0.15) is 0 Å². The first-order valence-electron chi connectivity index (χ1n) is 17.4. The zero-order valence-corrected chi connectivity index (χ0v) is 34.0. The molecule has 0 bridgehead atoms. The molecule has 256 valence electrons. The maximum atomic E-state index is 4.94. The monoisotopic (exact) mass is 736 g/mol. The summed E-state index contributed by atoms with van der Waals surface area (Å²) < 4.78 is 4.94. The number of ether oxygens (including phenoxy) is 1. The number of hydrogen-bond acceptors (Lipinski definition) is 1. The molecule has 5 aromatic rings. The Hall–Kier alpha value is -1.55. The summed E-state index contributed by atoms with van der Waals surface area (Å²) in [5, 5.41) is 9.24. The molecule has 6 heteroatoms. The van der Waals surface area contributed by atoms with Crippen molar-refractivity contribution < 1.29 is 21.8 Å². The predicted molar refractivity (Wildman–Crippen MR) is 218 cm³/mol. The second-order valence-corrected chi connectivity index (χ2v) is 23.6. The van der Waals surface area contributed by atoms with Gasteiger partial charge in [-0.05, 0) is 103 Å². The van der Waals surface area contributed by atoms with E-state index in [0.29, 0.717) is 0 Å². The molecule has 1 aliphatic rings. The van der Waals surface area contributed by atoms with Crippen LogP contribution in [-0.4, -0.2) is 42.5 Å². The van der Waals surface area contributed by atoms with E-state index in [1.54, 1.807) is 21.2 Å². The molecule has 1 aliphatic heterocycles. The largest absolute Gasteiger partial charge is 1.00 e. The fourth-order valence-corrected chi connectivity index (χ4v) is 17.6. The van der Waals surface area contributed by atoms with Crippen molar-refractivity contribution in [1.82, 2.24) is 4.98 Å². The first-order valence-corrected chi connectivity index (χ1v) is 22.7. The van der Waals surface area contributed by atoms with E-state index in [1.807, 2.05) is 12.1 Å². The van der Waals surface area contributed by atoms with E-state index in [4.69, 9.17) is 4.74 Å². The van der Waals surface area contributed by atoms with Gasteiger partial charge in [0.15, 0.2) is 0 Å². The summed E-state index contributed by atoms with van der Waals surface area (Å²) in [5.74, 6) is 0. The van der Waals surface area contributed by atoms with E-state index in [0.717, 1.165) is 46.9 Å². The third kappa shape index (κ3) is 10.5. The van der Waals surface area contributed by atoms with Gasteiger partial charge >= 0.3 is 17.1 Å². The van der Waals surface area contributed by atoms with Gasteiger partial charge in [-0.1, -0.05) is 72.8 Å². The van der Waals surface area contributed by atoms with Gasteiger partial charge in [-0.3, -0.25) is 0 Å². The van der Waals surface area contributed by atoms with Gasteiger partial charge in [0.25, 0.3) is 0 Å². The first-order chi connectivity index (χ1) is 22.1. The fourth-order valence-electron chi connectivity index (χ4n) is 7.08. The van der Waals surface area contributed by atoms with Crippen LogP contribution in [0.1, 0.15) is 68.2 Å². The Labute approximate surface area is 300 Å². The van der Waals surface area contributed by atoms with Crippen molar-refractivity contribution in [1.29, 1.82) is 0 Å². The summed E-state index contributed by atoms with van der Waals surface area (Å²) in [4.78, 5) is 4.52. The Balaban J connectivity index is 0.000000256. The number of benzene rings is 4. The van der Waals surface area contributed by atoms with Crippen LogP contribution in [-0.2, 0) is 21.8 Å². The molecular weight excluding hydrogens is 679 g/mol. The Morgan fingerprint density at radius 1 is 0.489 bits per heavy atom. The molecule has 1 saturated heterocycles. The van der Waals surface area contributed by atoms with Crippen LogP contribution in [0.25, 0.3) is 21.8 Å². The molecule has 0 aliphatic carbocycles. The molecule has 2 nitrogen and oxygen atoms in total. The van der Waals surface area contributed by atoms with Crippen LogP contribution in [0.4, 0.5) is 0 Å². The smallest absolute Gasteiger partial charge is 0.657 e. The third-order valence-electron chi connectivity index (χ3n) is 8.94. The standard InChI is InChI=1S/C25H39P3.C12H8N.C4H8O.Cu/c1-18(2)27(19(3)4)24-16-12-10-14-22(24)26(9)23-15-11-13-17-25(23)28(20(5)6)21(7)8;1-3-7-11-9(5-1)10-6-2-4-8-12(10)13-11;1-2-4-5-3-1;/h10-21H,1-9H3;1-8H;1-4H2;/q;-1;;+1/p+3. The summed E-state index contributed by atoms with van der Waals surface area (Å²) in [5.41, 5.74) is 5.24. The molecule has 0 N–H and O–H groups in total. The van der Waals surface area contributed by atoms with Crippen molar-refractivity contribution in [2.45, 2.75) is 90.9 Å². The van der Waals surface area contributed by atoms with Crippen molar-refractivity contribution in [3.8, 4) is 0 Å². The molecule has 2 heterocycles. The van der Waals surface area contributed by atoms with Crippen molar-refractivity contribution >= 4 is 66.8 Å². The molecule has 4 aromatic carbocycles. The van der Waals surface area contributed by atoms with E-state index in [2.05, 4.69) is 152 Å². The molecule has 0 amide bonds. The molecule has 0 unspecified atom stereocenters. The molecule has 0 radical (unpaired) electrons. The van der Waals surface area contributed by atoms with Crippen LogP contribution in [0.3, 0.4) is 0 Å². The van der Waals surface area contributed by atoms with Gasteiger partial charge < -0.3 is 9.72 Å². The first kappa shape index (κ1) is 39.9. The van der Waals surface area contributed by atoms with E-state index in [1.165, 1.54) is 23.6 Å². The SMILES string of the molecule is C1CCOC1.CC(C)[PH+](c1ccccc1[PH+](C)c1ccccc1[PH+](C(C)C)C(C)C)C(C)C.[Cu+].c1ccc2c(c1)[n-]c1ccccc12. The van der Waals surface area contributed by atoms with Crippen LogP contribution in [0.15, 0.2) is 97.1 Å². The van der Waals surface area contributed by atoms with Crippen LogP contribution in [0.2, 0.25) is 0 Å². The summed E-state index contributed by atoms with van der Waals surface area (Å²) in [6.45, 7) is 24.0. The molecule has 0 saturated carbocycles. The van der Waals surface area contributed by atoms with Gasteiger partial charge in [0.2, 0.25) is 0 Å². The minimum absolute atomic E-state index is 0. The minimum Gasteiger partial charge on any atom is -0.657 e. The third-order valence-corrected chi connectivity index (χ3v) is 19.0. The number of nitrogens with zero attached hydrogens (tertiary/aromatic N) is 1.